The van der Waals surface area contributed by atoms with Crippen molar-refractivity contribution >= 4 is 11.0 Å². The van der Waals surface area contributed by atoms with E-state index in [1.807, 2.05) is 0 Å². The third-order valence-corrected chi connectivity index (χ3v) is 2.02. The summed E-state index contributed by atoms with van der Waals surface area (Å²) in [5.41, 5.74) is -0.174. The van der Waals surface area contributed by atoms with Crippen LogP contribution >= 0.6 is 0 Å². The average molecular weight is 207 g/mol. The number of H-pyrrole nitrogens is 2. The predicted octanol–water partition coefficient (Wildman–Crippen LogP) is -0.0716. The second-order valence-corrected chi connectivity index (χ2v) is 3.10. The number of fused-ring (bicyclic) bond motifs is 1. The number of hydrogen-bond acceptors (Lipinski definition) is 4. The number of hydrogen-bond donors (Lipinski definition) is 2. The maximum atomic E-state index is 11.5. The van der Waals surface area contributed by atoms with Crippen molar-refractivity contribution in [1.29, 1.82) is 0 Å². The maximum absolute atomic E-state index is 11.5. The van der Waals surface area contributed by atoms with E-state index in [4.69, 9.17) is 4.74 Å². The molecule has 0 amide bonds. The van der Waals surface area contributed by atoms with Crippen LogP contribution in [0, 0.1) is 6.92 Å². The minimum atomic E-state index is -0.576. The van der Waals surface area contributed by atoms with E-state index < -0.39 is 11.2 Å². The normalized spacial score (nSPS) is 10.5. The Kier molecular flexibility index (Phi) is 2.03. The number of aromatic nitrogens is 3. The molecule has 0 fully saturated rings. The number of nitrogens with one attached hydrogen (secondary N) is 2. The highest BCUT2D eigenvalue weighted by Gasteiger charge is 2.09. The van der Waals surface area contributed by atoms with Crippen LogP contribution in [0.15, 0.2) is 15.7 Å². The zero-order valence-corrected chi connectivity index (χ0v) is 8.25. The van der Waals surface area contributed by atoms with Crippen molar-refractivity contribution in [3.63, 3.8) is 0 Å². The van der Waals surface area contributed by atoms with Gasteiger partial charge < -0.3 is 4.74 Å². The zero-order valence-electron chi connectivity index (χ0n) is 8.25. The monoisotopic (exact) mass is 207 g/mol. The van der Waals surface area contributed by atoms with Crippen LogP contribution in [-0.2, 0) is 0 Å². The van der Waals surface area contributed by atoms with Crippen molar-refractivity contribution in [2.45, 2.75) is 6.92 Å². The van der Waals surface area contributed by atoms with Gasteiger partial charge in [0.05, 0.1) is 7.11 Å². The molecule has 0 aromatic carbocycles. The maximum Gasteiger partial charge on any atom is 0.327 e. The van der Waals surface area contributed by atoms with Crippen LogP contribution < -0.4 is 16.0 Å². The number of nitrogens with zero attached hydrogens (tertiary/aromatic N) is 1. The zero-order chi connectivity index (χ0) is 11.0. The molecule has 2 aromatic heterocycles. The lowest BCUT2D eigenvalue weighted by molar-refractivity contribution is 0.418. The summed E-state index contributed by atoms with van der Waals surface area (Å²) < 4.78 is 5.05. The fourth-order valence-electron chi connectivity index (χ4n) is 1.42. The fraction of sp³-hybridized carbons (Fsp3) is 0.222. The van der Waals surface area contributed by atoms with Crippen LogP contribution in [0.4, 0.5) is 0 Å². The molecule has 6 nitrogen and oxygen atoms in total. The SMILES string of the molecule is COc1cc(C)nc2[nH]c(=O)[nH]c(=O)c12. The first-order chi connectivity index (χ1) is 7.11. The van der Waals surface area contributed by atoms with E-state index >= 15 is 0 Å². The van der Waals surface area contributed by atoms with E-state index in [0.717, 1.165) is 0 Å². The van der Waals surface area contributed by atoms with Gasteiger partial charge in [0.15, 0.2) is 5.65 Å². The van der Waals surface area contributed by atoms with Gasteiger partial charge in [-0.1, -0.05) is 0 Å². The molecular formula is C9H9N3O3. The number of rotatable bonds is 1. The summed E-state index contributed by atoms with van der Waals surface area (Å²) in [7, 11) is 1.46. The lowest BCUT2D eigenvalue weighted by atomic mass is 10.2. The second-order valence-electron chi connectivity index (χ2n) is 3.10. The Hall–Kier alpha value is -2.11. The molecule has 0 aliphatic heterocycles. The summed E-state index contributed by atoms with van der Waals surface area (Å²) in [6.45, 7) is 1.75. The van der Waals surface area contributed by atoms with E-state index in [-0.39, 0.29) is 11.0 Å². The fourth-order valence-corrected chi connectivity index (χ4v) is 1.42. The molecule has 2 N–H and O–H groups in total. The van der Waals surface area contributed by atoms with E-state index in [1.54, 1.807) is 13.0 Å². The largest absolute Gasteiger partial charge is 0.496 e. The van der Waals surface area contributed by atoms with Crippen LogP contribution in [0.3, 0.4) is 0 Å². The first-order valence-corrected chi connectivity index (χ1v) is 4.30. The summed E-state index contributed by atoms with van der Waals surface area (Å²) in [5, 5.41) is 0.253. The second kappa shape index (κ2) is 3.23. The standard InChI is InChI=1S/C9H9N3O3/c1-4-3-5(15-2)6-7(10-4)11-9(14)12-8(6)13/h3H,1-2H3,(H2,10,11,12,13,14). The van der Waals surface area contributed by atoms with Gasteiger partial charge in [-0.3, -0.25) is 14.8 Å². The van der Waals surface area contributed by atoms with Gasteiger partial charge in [0.25, 0.3) is 5.56 Å². The molecule has 2 rings (SSSR count). The Morgan fingerprint density at radius 3 is 2.73 bits per heavy atom. The van der Waals surface area contributed by atoms with Gasteiger partial charge in [-0.15, -0.1) is 0 Å². The molecule has 78 valence electrons. The van der Waals surface area contributed by atoms with E-state index in [1.165, 1.54) is 7.11 Å². The van der Waals surface area contributed by atoms with Crippen molar-refractivity contribution < 1.29 is 4.74 Å². The minimum absolute atomic E-state index is 0.237. The molecule has 15 heavy (non-hydrogen) atoms. The van der Waals surface area contributed by atoms with Gasteiger partial charge in [-0.05, 0) is 6.92 Å². The van der Waals surface area contributed by atoms with Gasteiger partial charge in [-0.2, -0.15) is 0 Å². The first-order valence-electron chi connectivity index (χ1n) is 4.30. The Morgan fingerprint density at radius 2 is 2.07 bits per heavy atom. The number of ether oxygens (including phenoxy) is 1. The van der Waals surface area contributed by atoms with Gasteiger partial charge in [-0.25, -0.2) is 9.78 Å². The number of methoxy groups -OCH3 is 1. The summed E-state index contributed by atoms with van der Waals surface area (Å²) in [4.78, 5) is 31.1. The van der Waals surface area contributed by atoms with Crippen molar-refractivity contribution in [3.05, 3.63) is 32.6 Å². The van der Waals surface area contributed by atoms with Crippen molar-refractivity contribution in [2.75, 3.05) is 7.11 Å². The van der Waals surface area contributed by atoms with E-state index in [0.29, 0.717) is 11.4 Å². The van der Waals surface area contributed by atoms with E-state index in [9.17, 15) is 9.59 Å². The van der Waals surface area contributed by atoms with Gasteiger partial charge >= 0.3 is 5.69 Å². The number of aryl methyl sites for hydroxylation is 1. The molecular weight excluding hydrogens is 198 g/mol. The summed E-state index contributed by atoms with van der Waals surface area (Å²) in [5.74, 6) is 0.398. The molecule has 0 spiro atoms. The molecule has 2 aromatic rings. The van der Waals surface area contributed by atoms with Crippen LogP contribution in [0.2, 0.25) is 0 Å². The van der Waals surface area contributed by atoms with Crippen LogP contribution in [0.1, 0.15) is 5.69 Å². The Labute approximate surface area is 83.9 Å². The molecule has 0 aliphatic carbocycles. The highest BCUT2D eigenvalue weighted by atomic mass is 16.5. The molecule has 0 bridgehead atoms. The molecule has 0 radical (unpaired) electrons. The molecule has 0 aliphatic rings. The van der Waals surface area contributed by atoms with Crippen molar-refractivity contribution in [3.8, 4) is 5.75 Å². The summed E-state index contributed by atoms with van der Waals surface area (Å²) in [6.07, 6.45) is 0. The summed E-state index contributed by atoms with van der Waals surface area (Å²) in [6, 6.07) is 1.63. The number of aromatic amines is 2. The summed E-state index contributed by atoms with van der Waals surface area (Å²) >= 11 is 0. The molecule has 0 saturated heterocycles. The Bertz CT molecular complexity index is 627. The number of pyridine rings is 1. The third kappa shape index (κ3) is 1.50. The average Bonchev–Trinajstić information content (AvgIpc) is 2.14. The van der Waals surface area contributed by atoms with E-state index in [2.05, 4.69) is 15.0 Å². The highest BCUT2D eigenvalue weighted by Crippen LogP contribution is 2.18. The van der Waals surface area contributed by atoms with Gasteiger partial charge in [0, 0.05) is 11.8 Å². The highest BCUT2D eigenvalue weighted by molar-refractivity contribution is 5.80. The van der Waals surface area contributed by atoms with Crippen molar-refractivity contribution in [1.82, 2.24) is 15.0 Å². The molecule has 0 unspecified atom stereocenters. The quantitative estimate of drug-likeness (QED) is 0.685. The molecule has 0 saturated carbocycles. The molecule has 2 heterocycles. The lowest BCUT2D eigenvalue weighted by Gasteiger charge is -2.04. The van der Waals surface area contributed by atoms with Gasteiger partial charge in [0.2, 0.25) is 0 Å². The lowest BCUT2D eigenvalue weighted by Crippen LogP contribution is -2.23. The van der Waals surface area contributed by atoms with Crippen LogP contribution in [0.25, 0.3) is 11.0 Å². The minimum Gasteiger partial charge on any atom is -0.496 e. The Balaban J connectivity index is 3.03. The predicted molar refractivity (Wildman–Crippen MR) is 54.3 cm³/mol. The van der Waals surface area contributed by atoms with Crippen LogP contribution in [0.5, 0.6) is 5.75 Å². The molecule has 0 atom stereocenters. The third-order valence-electron chi connectivity index (χ3n) is 2.02. The first kappa shape index (κ1) is 9.45. The van der Waals surface area contributed by atoms with Crippen LogP contribution in [-0.4, -0.2) is 22.1 Å². The van der Waals surface area contributed by atoms with Gasteiger partial charge in [0.1, 0.15) is 11.1 Å². The molecule has 6 heteroatoms. The van der Waals surface area contributed by atoms with Crippen molar-refractivity contribution in [2.24, 2.45) is 0 Å². The topological polar surface area (TPSA) is 87.8 Å². The smallest absolute Gasteiger partial charge is 0.327 e. The Morgan fingerprint density at radius 1 is 1.33 bits per heavy atom.